The van der Waals surface area contributed by atoms with Crippen molar-refractivity contribution in [1.29, 1.82) is 0 Å². The van der Waals surface area contributed by atoms with Crippen LogP contribution in [0, 0.1) is 12.8 Å². The van der Waals surface area contributed by atoms with Crippen LogP contribution in [0.5, 0.6) is 5.75 Å². The van der Waals surface area contributed by atoms with E-state index in [1.807, 2.05) is 0 Å². The maximum absolute atomic E-state index is 5.91. The molecule has 1 saturated carbocycles. The van der Waals surface area contributed by atoms with E-state index in [0.29, 0.717) is 19.0 Å². The van der Waals surface area contributed by atoms with E-state index in [0.717, 1.165) is 23.8 Å². The first kappa shape index (κ1) is 14.4. The van der Waals surface area contributed by atoms with Crippen LogP contribution in [0.15, 0.2) is 35.8 Å². The Morgan fingerprint density at radius 2 is 2.35 bits per heavy atom. The average molecular weight is 273 g/mol. The Bertz CT molecular complexity index is 492. The van der Waals surface area contributed by atoms with Crippen molar-refractivity contribution in [2.45, 2.75) is 26.3 Å². The highest BCUT2D eigenvalue weighted by atomic mass is 16.5. The molecule has 4 heteroatoms. The SMILES string of the molecule is C=CCNC(N)=NCc1ccc(C)cc1OCC1CC1. The van der Waals surface area contributed by atoms with E-state index >= 15 is 0 Å². The van der Waals surface area contributed by atoms with Crippen molar-refractivity contribution < 1.29 is 4.74 Å². The fraction of sp³-hybridized carbons (Fsp3) is 0.438. The second kappa shape index (κ2) is 6.98. The fourth-order valence-corrected chi connectivity index (χ4v) is 1.82. The molecule has 0 aromatic heterocycles. The lowest BCUT2D eigenvalue weighted by Gasteiger charge is -2.11. The number of benzene rings is 1. The van der Waals surface area contributed by atoms with E-state index in [9.17, 15) is 0 Å². The molecule has 1 aliphatic rings. The molecule has 0 atom stereocenters. The Hall–Kier alpha value is -1.97. The fourth-order valence-electron chi connectivity index (χ4n) is 1.82. The summed E-state index contributed by atoms with van der Waals surface area (Å²) in [6.07, 6.45) is 4.33. The van der Waals surface area contributed by atoms with Gasteiger partial charge in [-0.1, -0.05) is 18.2 Å². The van der Waals surface area contributed by atoms with Crippen molar-refractivity contribution in [3.63, 3.8) is 0 Å². The van der Waals surface area contributed by atoms with E-state index in [2.05, 4.69) is 42.0 Å². The minimum absolute atomic E-state index is 0.429. The van der Waals surface area contributed by atoms with Crippen LogP contribution in [0.25, 0.3) is 0 Å². The van der Waals surface area contributed by atoms with Crippen LogP contribution in [0.4, 0.5) is 0 Å². The number of ether oxygens (including phenoxy) is 1. The van der Waals surface area contributed by atoms with Crippen LogP contribution in [0.1, 0.15) is 24.0 Å². The van der Waals surface area contributed by atoms with E-state index in [4.69, 9.17) is 10.5 Å². The van der Waals surface area contributed by atoms with Gasteiger partial charge in [-0.05, 0) is 37.3 Å². The molecule has 0 radical (unpaired) electrons. The van der Waals surface area contributed by atoms with Gasteiger partial charge in [0.25, 0.3) is 0 Å². The van der Waals surface area contributed by atoms with Crippen molar-refractivity contribution in [3.05, 3.63) is 42.0 Å². The van der Waals surface area contributed by atoms with Gasteiger partial charge in [0.15, 0.2) is 5.96 Å². The number of guanidine groups is 1. The molecule has 0 heterocycles. The van der Waals surface area contributed by atoms with Gasteiger partial charge in [0, 0.05) is 12.1 Å². The number of aryl methyl sites for hydroxylation is 1. The number of rotatable bonds is 7. The molecule has 0 spiro atoms. The summed E-state index contributed by atoms with van der Waals surface area (Å²) >= 11 is 0. The molecular formula is C16H23N3O. The third kappa shape index (κ3) is 4.61. The highest BCUT2D eigenvalue weighted by Gasteiger charge is 2.22. The lowest BCUT2D eigenvalue weighted by Crippen LogP contribution is -2.31. The number of nitrogens with two attached hydrogens (primary N) is 1. The second-order valence-corrected chi connectivity index (χ2v) is 5.24. The van der Waals surface area contributed by atoms with E-state index < -0.39 is 0 Å². The van der Waals surface area contributed by atoms with Crippen molar-refractivity contribution in [3.8, 4) is 5.75 Å². The predicted octanol–water partition coefficient (Wildman–Crippen LogP) is 2.37. The van der Waals surface area contributed by atoms with Crippen LogP contribution >= 0.6 is 0 Å². The minimum atomic E-state index is 0.429. The highest BCUT2D eigenvalue weighted by molar-refractivity contribution is 5.77. The average Bonchev–Trinajstić information content (AvgIpc) is 3.26. The number of nitrogens with zero attached hydrogens (tertiary/aromatic N) is 1. The summed E-state index contributed by atoms with van der Waals surface area (Å²) in [4.78, 5) is 4.32. The second-order valence-electron chi connectivity index (χ2n) is 5.24. The first-order valence-corrected chi connectivity index (χ1v) is 7.06. The zero-order valence-corrected chi connectivity index (χ0v) is 12.1. The zero-order chi connectivity index (χ0) is 14.4. The Morgan fingerprint density at radius 3 is 3.05 bits per heavy atom. The third-order valence-corrected chi connectivity index (χ3v) is 3.24. The number of hydrogen-bond acceptors (Lipinski definition) is 2. The van der Waals surface area contributed by atoms with Gasteiger partial charge >= 0.3 is 0 Å². The van der Waals surface area contributed by atoms with Gasteiger partial charge in [-0.15, -0.1) is 6.58 Å². The van der Waals surface area contributed by atoms with Crippen LogP contribution in [-0.4, -0.2) is 19.1 Å². The molecule has 1 fully saturated rings. The molecule has 4 nitrogen and oxygen atoms in total. The topological polar surface area (TPSA) is 59.6 Å². The largest absolute Gasteiger partial charge is 0.493 e. The Labute approximate surface area is 120 Å². The third-order valence-electron chi connectivity index (χ3n) is 3.24. The van der Waals surface area contributed by atoms with Gasteiger partial charge in [-0.2, -0.15) is 0 Å². The van der Waals surface area contributed by atoms with Crippen molar-refractivity contribution in [2.75, 3.05) is 13.2 Å². The molecule has 1 aliphatic carbocycles. The molecule has 1 aromatic rings. The maximum Gasteiger partial charge on any atom is 0.189 e. The summed E-state index contributed by atoms with van der Waals surface area (Å²) in [6, 6.07) is 6.20. The number of hydrogen-bond donors (Lipinski definition) is 2. The number of nitrogens with one attached hydrogen (secondary N) is 1. The Kier molecular flexibility index (Phi) is 5.04. The van der Waals surface area contributed by atoms with Crippen molar-refractivity contribution in [2.24, 2.45) is 16.6 Å². The smallest absolute Gasteiger partial charge is 0.189 e. The molecule has 0 unspecified atom stereocenters. The molecule has 0 aliphatic heterocycles. The highest BCUT2D eigenvalue weighted by Crippen LogP contribution is 2.30. The van der Waals surface area contributed by atoms with Crippen LogP contribution in [0.3, 0.4) is 0 Å². The Balaban J connectivity index is 1.99. The first-order valence-electron chi connectivity index (χ1n) is 7.06. The lowest BCUT2D eigenvalue weighted by molar-refractivity contribution is 0.296. The normalized spacial score (nSPS) is 14.9. The molecular weight excluding hydrogens is 250 g/mol. The van der Waals surface area contributed by atoms with Crippen LogP contribution < -0.4 is 15.8 Å². The molecule has 2 rings (SSSR count). The Morgan fingerprint density at radius 1 is 1.55 bits per heavy atom. The van der Waals surface area contributed by atoms with Gasteiger partial charge in [-0.25, -0.2) is 4.99 Å². The molecule has 0 saturated heterocycles. The van der Waals surface area contributed by atoms with E-state index in [1.165, 1.54) is 18.4 Å². The summed E-state index contributed by atoms with van der Waals surface area (Å²) in [5, 5.41) is 2.96. The molecule has 108 valence electrons. The zero-order valence-electron chi connectivity index (χ0n) is 12.1. The van der Waals surface area contributed by atoms with Gasteiger partial charge in [0.2, 0.25) is 0 Å². The molecule has 1 aromatic carbocycles. The van der Waals surface area contributed by atoms with E-state index in [-0.39, 0.29) is 0 Å². The first-order chi connectivity index (χ1) is 9.69. The summed E-state index contributed by atoms with van der Waals surface area (Å²) in [5.41, 5.74) is 8.03. The van der Waals surface area contributed by atoms with Crippen molar-refractivity contribution >= 4 is 5.96 Å². The van der Waals surface area contributed by atoms with Gasteiger partial charge in [-0.3, -0.25) is 0 Å². The minimum Gasteiger partial charge on any atom is -0.493 e. The predicted molar refractivity (Wildman–Crippen MR) is 82.9 cm³/mol. The van der Waals surface area contributed by atoms with Gasteiger partial charge in [0.05, 0.1) is 13.2 Å². The molecule has 0 amide bonds. The summed E-state index contributed by atoms with van der Waals surface area (Å²) in [5.74, 6) is 2.10. The van der Waals surface area contributed by atoms with E-state index in [1.54, 1.807) is 6.08 Å². The summed E-state index contributed by atoms with van der Waals surface area (Å²) in [6.45, 7) is 7.65. The molecule has 20 heavy (non-hydrogen) atoms. The standard InChI is InChI=1S/C16H23N3O/c1-3-8-18-16(17)19-10-14-7-4-12(2)9-15(14)20-11-13-5-6-13/h3-4,7,9,13H,1,5-6,8,10-11H2,2H3,(H3,17,18,19). The quantitative estimate of drug-likeness (QED) is 0.455. The lowest BCUT2D eigenvalue weighted by atomic mass is 10.1. The number of aliphatic imine (C=N–C) groups is 1. The molecule has 3 N–H and O–H groups in total. The van der Waals surface area contributed by atoms with Gasteiger partial charge < -0.3 is 15.8 Å². The molecule has 0 bridgehead atoms. The maximum atomic E-state index is 5.91. The summed E-state index contributed by atoms with van der Waals surface area (Å²) in [7, 11) is 0. The van der Waals surface area contributed by atoms with Crippen LogP contribution in [0.2, 0.25) is 0 Å². The monoisotopic (exact) mass is 273 g/mol. The van der Waals surface area contributed by atoms with Crippen LogP contribution in [-0.2, 0) is 6.54 Å². The van der Waals surface area contributed by atoms with Crippen molar-refractivity contribution in [1.82, 2.24) is 5.32 Å². The van der Waals surface area contributed by atoms with Gasteiger partial charge in [0.1, 0.15) is 5.75 Å². The summed E-state index contributed by atoms with van der Waals surface area (Å²) < 4.78 is 5.91.